The molecule has 20 heavy (non-hydrogen) atoms. The molecule has 0 bridgehead atoms. The van der Waals surface area contributed by atoms with E-state index < -0.39 is 0 Å². The highest BCUT2D eigenvalue weighted by atomic mass is 15.3. The van der Waals surface area contributed by atoms with Gasteiger partial charge in [0.25, 0.3) is 0 Å². The third kappa shape index (κ3) is 2.51. The van der Waals surface area contributed by atoms with Crippen LogP contribution in [0.1, 0.15) is 55.8 Å². The van der Waals surface area contributed by atoms with Gasteiger partial charge in [-0.25, -0.2) is 0 Å². The Hall–Kier alpha value is -0.870. The summed E-state index contributed by atoms with van der Waals surface area (Å²) in [7, 11) is 2.00. The van der Waals surface area contributed by atoms with Gasteiger partial charge in [-0.3, -0.25) is 9.58 Å². The minimum atomic E-state index is 0.358. The molecule has 1 aliphatic heterocycles. The molecule has 0 spiro atoms. The summed E-state index contributed by atoms with van der Waals surface area (Å²) in [5, 5.41) is 4.51. The molecule has 2 fully saturated rings. The number of nitrogens with two attached hydrogens (primary N) is 1. The van der Waals surface area contributed by atoms with Gasteiger partial charge < -0.3 is 5.73 Å². The van der Waals surface area contributed by atoms with Crippen LogP contribution >= 0.6 is 0 Å². The molecule has 2 N–H and O–H groups in total. The molecular formula is C16H28N4. The van der Waals surface area contributed by atoms with E-state index >= 15 is 0 Å². The normalized spacial score (nSPS) is 26.4. The molecule has 0 amide bonds. The van der Waals surface area contributed by atoms with E-state index in [0.717, 1.165) is 17.7 Å². The maximum Gasteiger partial charge on any atom is 0.0641 e. The lowest BCUT2D eigenvalue weighted by Gasteiger charge is -2.35. The average molecular weight is 276 g/mol. The maximum absolute atomic E-state index is 6.14. The Morgan fingerprint density at radius 2 is 2.05 bits per heavy atom. The van der Waals surface area contributed by atoms with Gasteiger partial charge in [0.15, 0.2) is 0 Å². The number of likely N-dealkylation sites (tertiary alicyclic amines) is 1. The number of hydrogen-bond donors (Lipinski definition) is 1. The number of nitrogens with zero attached hydrogens (tertiary/aromatic N) is 3. The Kier molecular flexibility index (Phi) is 4.13. The minimum Gasteiger partial charge on any atom is -0.329 e. The van der Waals surface area contributed by atoms with Gasteiger partial charge >= 0.3 is 0 Å². The summed E-state index contributed by atoms with van der Waals surface area (Å²) in [5.41, 5.74) is 8.62. The fourth-order valence-electron chi connectivity index (χ4n) is 4.44. The minimum absolute atomic E-state index is 0.358. The van der Waals surface area contributed by atoms with Crippen LogP contribution in [0.25, 0.3) is 0 Å². The zero-order valence-electron chi connectivity index (χ0n) is 12.9. The van der Waals surface area contributed by atoms with Gasteiger partial charge in [0.2, 0.25) is 0 Å². The van der Waals surface area contributed by atoms with E-state index in [1.807, 2.05) is 11.7 Å². The Bertz CT molecular complexity index is 447. The van der Waals surface area contributed by atoms with Crippen LogP contribution in [-0.4, -0.2) is 33.8 Å². The highest BCUT2D eigenvalue weighted by Crippen LogP contribution is 2.39. The Morgan fingerprint density at radius 1 is 1.30 bits per heavy atom. The highest BCUT2D eigenvalue weighted by molar-refractivity contribution is 5.21. The van der Waals surface area contributed by atoms with Gasteiger partial charge in [-0.05, 0) is 45.1 Å². The smallest absolute Gasteiger partial charge is 0.0641 e. The number of aryl methyl sites for hydroxylation is 2. The van der Waals surface area contributed by atoms with Crippen molar-refractivity contribution < 1.29 is 0 Å². The topological polar surface area (TPSA) is 47.1 Å². The highest BCUT2D eigenvalue weighted by Gasteiger charge is 2.37. The second kappa shape index (κ2) is 5.86. The Balaban J connectivity index is 1.82. The molecule has 2 unspecified atom stereocenters. The summed E-state index contributed by atoms with van der Waals surface area (Å²) in [6.45, 7) is 4.02. The van der Waals surface area contributed by atoms with Crippen molar-refractivity contribution in [2.45, 2.75) is 57.5 Å². The van der Waals surface area contributed by atoms with Crippen molar-refractivity contribution in [3.05, 3.63) is 17.5 Å². The number of hydrogen-bond acceptors (Lipinski definition) is 3. The van der Waals surface area contributed by atoms with Crippen LogP contribution in [0.2, 0.25) is 0 Å². The third-order valence-corrected chi connectivity index (χ3v) is 5.32. The van der Waals surface area contributed by atoms with E-state index in [-0.39, 0.29) is 0 Å². The van der Waals surface area contributed by atoms with E-state index in [4.69, 9.17) is 5.73 Å². The molecule has 2 atom stereocenters. The molecule has 0 aromatic carbocycles. The molecule has 2 aliphatic rings. The van der Waals surface area contributed by atoms with E-state index in [1.54, 1.807) is 0 Å². The molecule has 1 aliphatic carbocycles. The van der Waals surface area contributed by atoms with Crippen molar-refractivity contribution in [2.75, 3.05) is 13.1 Å². The first-order valence-electron chi connectivity index (χ1n) is 8.16. The first-order chi connectivity index (χ1) is 9.70. The zero-order valence-corrected chi connectivity index (χ0v) is 12.9. The van der Waals surface area contributed by atoms with Crippen molar-refractivity contribution >= 4 is 0 Å². The summed E-state index contributed by atoms with van der Waals surface area (Å²) in [6, 6.07) is 1.11. The fraction of sp³-hybridized carbons (Fsp3) is 0.812. The summed E-state index contributed by atoms with van der Waals surface area (Å²) >= 11 is 0. The molecule has 1 aromatic rings. The van der Waals surface area contributed by atoms with E-state index in [0.29, 0.717) is 12.6 Å². The fourth-order valence-corrected chi connectivity index (χ4v) is 4.44. The lowest BCUT2D eigenvalue weighted by molar-refractivity contribution is 0.137. The van der Waals surface area contributed by atoms with Gasteiger partial charge in [-0.1, -0.05) is 12.8 Å². The molecule has 1 saturated heterocycles. The first kappa shape index (κ1) is 14.1. The molecule has 2 heterocycles. The van der Waals surface area contributed by atoms with E-state index in [1.165, 1.54) is 50.6 Å². The summed E-state index contributed by atoms with van der Waals surface area (Å²) in [6.07, 6.45) is 10.5. The van der Waals surface area contributed by atoms with Gasteiger partial charge in [-0.15, -0.1) is 0 Å². The van der Waals surface area contributed by atoms with Crippen molar-refractivity contribution in [3.8, 4) is 0 Å². The zero-order chi connectivity index (χ0) is 14.1. The van der Waals surface area contributed by atoms with Crippen molar-refractivity contribution in [1.82, 2.24) is 14.7 Å². The van der Waals surface area contributed by atoms with Gasteiger partial charge in [0.1, 0.15) is 0 Å². The van der Waals surface area contributed by atoms with Crippen LogP contribution in [0, 0.1) is 12.8 Å². The van der Waals surface area contributed by atoms with E-state index in [9.17, 15) is 0 Å². The Labute approximate surface area is 122 Å². The molecular weight excluding hydrogens is 248 g/mol. The summed E-state index contributed by atoms with van der Waals surface area (Å²) in [4.78, 5) is 2.69. The van der Waals surface area contributed by atoms with Crippen molar-refractivity contribution in [1.29, 1.82) is 0 Å². The first-order valence-corrected chi connectivity index (χ1v) is 8.16. The second-order valence-electron chi connectivity index (χ2n) is 6.59. The lowest BCUT2D eigenvalue weighted by Crippen LogP contribution is -2.40. The van der Waals surface area contributed by atoms with Gasteiger partial charge in [0.05, 0.1) is 11.7 Å². The van der Waals surface area contributed by atoms with Crippen LogP contribution in [0.4, 0.5) is 0 Å². The van der Waals surface area contributed by atoms with Crippen molar-refractivity contribution in [2.24, 2.45) is 18.7 Å². The van der Waals surface area contributed by atoms with Crippen LogP contribution in [0.15, 0.2) is 6.20 Å². The molecule has 112 valence electrons. The predicted molar refractivity (Wildman–Crippen MR) is 81.4 cm³/mol. The van der Waals surface area contributed by atoms with Gasteiger partial charge in [-0.2, -0.15) is 5.10 Å². The standard InChI is InChI=1S/C16H28N4/c1-12-14(11-19(2)18-12)16(10-17)20-9-5-8-15(20)13-6-3-4-7-13/h11,13,15-16H,3-10,17H2,1-2H3. The predicted octanol–water partition coefficient (Wildman–Crippen LogP) is 2.38. The van der Waals surface area contributed by atoms with Crippen LogP contribution in [0.3, 0.4) is 0 Å². The lowest BCUT2D eigenvalue weighted by atomic mass is 9.94. The molecule has 0 radical (unpaired) electrons. The molecule has 3 rings (SSSR count). The molecule has 1 aromatic heterocycles. The van der Waals surface area contributed by atoms with Crippen molar-refractivity contribution in [3.63, 3.8) is 0 Å². The second-order valence-corrected chi connectivity index (χ2v) is 6.59. The maximum atomic E-state index is 6.14. The van der Waals surface area contributed by atoms with Gasteiger partial charge in [0, 0.05) is 31.4 Å². The Morgan fingerprint density at radius 3 is 2.65 bits per heavy atom. The largest absolute Gasteiger partial charge is 0.329 e. The van der Waals surface area contributed by atoms with Crippen LogP contribution in [-0.2, 0) is 7.05 Å². The molecule has 1 saturated carbocycles. The summed E-state index contributed by atoms with van der Waals surface area (Å²) in [5.74, 6) is 0.906. The SMILES string of the molecule is Cc1nn(C)cc1C(CN)N1CCCC1C1CCCC1. The summed E-state index contributed by atoms with van der Waals surface area (Å²) < 4.78 is 1.92. The molecule has 4 heteroatoms. The average Bonchev–Trinajstić information content (AvgIpc) is 3.12. The molecule has 4 nitrogen and oxygen atoms in total. The number of aromatic nitrogens is 2. The number of rotatable bonds is 4. The monoisotopic (exact) mass is 276 g/mol. The van der Waals surface area contributed by atoms with E-state index in [2.05, 4.69) is 23.1 Å². The van der Waals surface area contributed by atoms with Crippen LogP contribution in [0.5, 0.6) is 0 Å². The third-order valence-electron chi connectivity index (χ3n) is 5.32. The van der Waals surface area contributed by atoms with Crippen LogP contribution < -0.4 is 5.73 Å². The quantitative estimate of drug-likeness (QED) is 0.918.